The van der Waals surface area contributed by atoms with E-state index in [-0.39, 0.29) is 5.54 Å². The van der Waals surface area contributed by atoms with E-state index in [1.54, 1.807) is 0 Å². The summed E-state index contributed by atoms with van der Waals surface area (Å²) in [5.41, 5.74) is 6.36. The monoisotopic (exact) mass is 253 g/mol. The normalized spacial score (nSPS) is 35.5. The number of hydrogen-bond donors (Lipinski definition) is 1. The lowest BCUT2D eigenvalue weighted by molar-refractivity contribution is 0.102. The summed E-state index contributed by atoms with van der Waals surface area (Å²) in [5.74, 6) is 0.911. The standard InChI is InChI=1S/C15H31N3/c1-13-9-15(11-16,12-17(13)2)18(3)10-14-7-5-4-6-8-14/h13-14H,4-12,16H2,1-3H3. The Balaban J connectivity index is 1.95. The van der Waals surface area contributed by atoms with Crippen LogP contribution in [-0.2, 0) is 0 Å². The van der Waals surface area contributed by atoms with Crippen LogP contribution in [0.2, 0.25) is 0 Å². The molecule has 0 aromatic heterocycles. The van der Waals surface area contributed by atoms with Crippen LogP contribution < -0.4 is 5.73 Å². The van der Waals surface area contributed by atoms with Gasteiger partial charge in [-0.05, 0) is 46.2 Å². The maximum atomic E-state index is 6.13. The predicted molar refractivity (Wildman–Crippen MR) is 77.7 cm³/mol. The van der Waals surface area contributed by atoms with Gasteiger partial charge < -0.3 is 10.6 Å². The van der Waals surface area contributed by atoms with Crippen molar-refractivity contribution < 1.29 is 0 Å². The van der Waals surface area contributed by atoms with Crippen molar-refractivity contribution in [2.24, 2.45) is 11.7 Å². The molecule has 1 aliphatic carbocycles. The lowest BCUT2D eigenvalue weighted by Gasteiger charge is -2.40. The van der Waals surface area contributed by atoms with E-state index in [0.29, 0.717) is 6.04 Å². The number of nitrogens with two attached hydrogens (primary N) is 1. The van der Waals surface area contributed by atoms with Gasteiger partial charge in [-0.3, -0.25) is 4.90 Å². The van der Waals surface area contributed by atoms with Crippen LogP contribution in [0.4, 0.5) is 0 Å². The maximum Gasteiger partial charge on any atom is 0.0470 e. The Kier molecular flexibility index (Phi) is 4.68. The fourth-order valence-corrected chi connectivity index (χ4v) is 3.92. The van der Waals surface area contributed by atoms with Crippen molar-refractivity contribution >= 4 is 0 Å². The summed E-state index contributed by atoms with van der Waals surface area (Å²) in [6, 6.07) is 0.669. The van der Waals surface area contributed by atoms with Gasteiger partial charge in [-0.25, -0.2) is 0 Å². The van der Waals surface area contributed by atoms with E-state index in [1.165, 1.54) is 45.1 Å². The van der Waals surface area contributed by atoms with Crippen LogP contribution in [0.3, 0.4) is 0 Å². The molecule has 2 unspecified atom stereocenters. The van der Waals surface area contributed by atoms with Crippen LogP contribution in [0, 0.1) is 5.92 Å². The Bertz CT molecular complexity index is 250. The second kappa shape index (κ2) is 5.89. The largest absolute Gasteiger partial charge is 0.329 e. The molecule has 0 bridgehead atoms. The van der Waals surface area contributed by atoms with E-state index in [2.05, 4.69) is 30.8 Å². The van der Waals surface area contributed by atoms with E-state index >= 15 is 0 Å². The number of likely N-dealkylation sites (tertiary alicyclic amines) is 1. The van der Waals surface area contributed by atoms with Gasteiger partial charge >= 0.3 is 0 Å². The van der Waals surface area contributed by atoms with Gasteiger partial charge in [0.15, 0.2) is 0 Å². The molecule has 0 aromatic rings. The molecule has 2 atom stereocenters. The molecule has 2 fully saturated rings. The van der Waals surface area contributed by atoms with E-state index in [9.17, 15) is 0 Å². The predicted octanol–water partition coefficient (Wildman–Crippen LogP) is 1.92. The lowest BCUT2D eigenvalue weighted by Crippen LogP contribution is -2.55. The van der Waals surface area contributed by atoms with Gasteiger partial charge in [0.05, 0.1) is 0 Å². The molecule has 0 spiro atoms. The maximum absolute atomic E-state index is 6.13. The molecule has 106 valence electrons. The average Bonchev–Trinajstić information content (AvgIpc) is 2.68. The number of hydrogen-bond acceptors (Lipinski definition) is 3. The van der Waals surface area contributed by atoms with Crippen molar-refractivity contribution in [2.75, 3.05) is 33.7 Å². The van der Waals surface area contributed by atoms with Gasteiger partial charge in [0.1, 0.15) is 0 Å². The summed E-state index contributed by atoms with van der Waals surface area (Å²) < 4.78 is 0. The SMILES string of the molecule is CC1CC(CN)(N(C)CC2CCCCC2)CN1C. The zero-order valence-electron chi connectivity index (χ0n) is 12.5. The Labute approximate surface area is 113 Å². The molecule has 3 nitrogen and oxygen atoms in total. The molecule has 1 saturated carbocycles. The summed E-state index contributed by atoms with van der Waals surface area (Å²) in [6.07, 6.45) is 8.40. The van der Waals surface area contributed by atoms with Crippen LogP contribution >= 0.6 is 0 Å². The van der Waals surface area contributed by atoms with Gasteiger partial charge in [-0.1, -0.05) is 19.3 Å². The first-order chi connectivity index (χ1) is 8.57. The molecule has 18 heavy (non-hydrogen) atoms. The van der Waals surface area contributed by atoms with Crippen LogP contribution in [-0.4, -0.2) is 55.1 Å². The summed E-state index contributed by atoms with van der Waals surface area (Å²) in [5, 5.41) is 0. The third kappa shape index (κ3) is 2.89. The van der Waals surface area contributed by atoms with Gasteiger partial charge in [0.2, 0.25) is 0 Å². The fraction of sp³-hybridized carbons (Fsp3) is 1.00. The van der Waals surface area contributed by atoms with Crippen LogP contribution in [0.25, 0.3) is 0 Å². The van der Waals surface area contributed by atoms with Crippen molar-refractivity contribution in [3.63, 3.8) is 0 Å². The van der Waals surface area contributed by atoms with Crippen LogP contribution in [0.5, 0.6) is 0 Å². The molecule has 3 heteroatoms. The molecule has 2 N–H and O–H groups in total. The molecule has 2 aliphatic rings. The molecule has 0 radical (unpaired) electrons. The number of nitrogens with zero attached hydrogens (tertiary/aromatic N) is 2. The Morgan fingerprint density at radius 1 is 1.28 bits per heavy atom. The Morgan fingerprint density at radius 3 is 2.44 bits per heavy atom. The second-order valence-electron chi connectivity index (χ2n) is 6.78. The molecule has 1 saturated heterocycles. The average molecular weight is 253 g/mol. The van der Waals surface area contributed by atoms with Crippen molar-refractivity contribution in [2.45, 2.75) is 57.0 Å². The van der Waals surface area contributed by atoms with E-state index in [4.69, 9.17) is 5.73 Å². The highest BCUT2D eigenvalue weighted by Crippen LogP contribution is 2.32. The number of likely N-dealkylation sites (N-methyl/N-ethyl adjacent to an activating group) is 2. The first kappa shape index (κ1) is 14.3. The van der Waals surface area contributed by atoms with E-state index < -0.39 is 0 Å². The fourth-order valence-electron chi connectivity index (χ4n) is 3.92. The molecule has 0 aromatic carbocycles. The topological polar surface area (TPSA) is 32.5 Å². The van der Waals surface area contributed by atoms with Gasteiger partial charge in [-0.15, -0.1) is 0 Å². The first-order valence-corrected chi connectivity index (χ1v) is 7.69. The highest BCUT2D eigenvalue weighted by atomic mass is 15.3. The summed E-state index contributed by atoms with van der Waals surface area (Å²) in [7, 11) is 4.53. The van der Waals surface area contributed by atoms with Gasteiger partial charge in [0, 0.05) is 31.2 Å². The first-order valence-electron chi connectivity index (χ1n) is 7.69. The lowest BCUT2D eigenvalue weighted by atomic mass is 9.86. The Hall–Kier alpha value is -0.120. The minimum absolute atomic E-state index is 0.228. The molecular formula is C15H31N3. The third-order valence-electron chi connectivity index (χ3n) is 5.42. The number of rotatable bonds is 4. The third-order valence-corrected chi connectivity index (χ3v) is 5.42. The van der Waals surface area contributed by atoms with E-state index in [1.807, 2.05) is 0 Å². The Morgan fingerprint density at radius 2 is 1.94 bits per heavy atom. The molecular weight excluding hydrogens is 222 g/mol. The van der Waals surface area contributed by atoms with Crippen molar-refractivity contribution in [1.29, 1.82) is 0 Å². The summed E-state index contributed by atoms with van der Waals surface area (Å²) in [4.78, 5) is 5.05. The molecule has 1 heterocycles. The van der Waals surface area contributed by atoms with Crippen molar-refractivity contribution in [1.82, 2.24) is 9.80 Å². The molecule has 0 amide bonds. The smallest absolute Gasteiger partial charge is 0.0470 e. The minimum Gasteiger partial charge on any atom is -0.329 e. The highest BCUT2D eigenvalue weighted by Gasteiger charge is 2.43. The van der Waals surface area contributed by atoms with Crippen LogP contribution in [0.15, 0.2) is 0 Å². The highest BCUT2D eigenvalue weighted by molar-refractivity contribution is 5.01. The second-order valence-corrected chi connectivity index (χ2v) is 6.78. The van der Waals surface area contributed by atoms with Crippen molar-refractivity contribution in [3.8, 4) is 0 Å². The summed E-state index contributed by atoms with van der Waals surface area (Å²) in [6.45, 7) is 5.50. The van der Waals surface area contributed by atoms with E-state index in [0.717, 1.165) is 19.0 Å². The minimum atomic E-state index is 0.228. The zero-order valence-corrected chi connectivity index (χ0v) is 12.5. The quantitative estimate of drug-likeness (QED) is 0.831. The summed E-state index contributed by atoms with van der Waals surface area (Å²) >= 11 is 0. The van der Waals surface area contributed by atoms with Gasteiger partial charge in [0.25, 0.3) is 0 Å². The van der Waals surface area contributed by atoms with Gasteiger partial charge in [-0.2, -0.15) is 0 Å². The molecule has 2 rings (SSSR count). The zero-order chi connectivity index (χ0) is 13.2. The molecule has 1 aliphatic heterocycles. The van der Waals surface area contributed by atoms with Crippen LogP contribution in [0.1, 0.15) is 45.4 Å². The van der Waals surface area contributed by atoms with Crippen molar-refractivity contribution in [3.05, 3.63) is 0 Å².